The molecular weight excluding hydrogens is 600 g/mol. The van der Waals surface area contributed by atoms with Gasteiger partial charge in [-0.25, -0.2) is 8.78 Å². The molecule has 0 aromatic rings. The zero-order chi connectivity index (χ0) is 30.2. The zero-order valence-corrected chi connectivity index (χ0v) is 15.1. The average molecular weight is 600 g/mol. The molecule has 0 bridgehead atoms. The largest absolute Gasteiger partial charge is 0.460 e. The third-order valence-electron chi connectivity index (χ3n) is 3.82. The Hall–Kier alpha value is -1.94. The third kappa shape index (κ3) is 4.18. The van der Waals surface area contributed by atoms with Gasteiger partial charge in [0.15, 0.2) is 0 Å². The first-order valence-electron chi connectivity index (χ1n) is 7.29. The summed E-state index contributed by atoms with van der Waals surface area (Å²) < 4.78 is 304. The van der Waals surface area contributed by atoms with Crippen molar-refractivity contribution in [2.45, 2.75) is 59.7 Å². The van der Waals surface area contributed by atoms with Crippen LogP contribution in [0.4, 0.5) is 105 Å². The third-order valence-corrected chi connectivity index (χ3v) is 3.82. The van der Waals surface area contributed by atoms with Crippen LogP contribution in [0.15, 0.2) is 11.7 Å². The van der Waals surface area contributed by atoms with Gasteiger partial charge < -0.3 is 0 Å². The molecule has 0 heterocycles. The Morgan fingerprint density at radius 3 is 0.556 bits per heavy atom. The molecule has 0 rings (SSSR count). The van der Waals surface area contributed by atoms with E-state index in [0.29, 0.717) is 0 Å². The van der Waals surface area contributed by atoms with Crippen LogP contribution in [0.5, 0.6) is 0 Å². The first-order chi connectivity index (χ1) is 15.1. The van der Waals surface area contributed by atoms with Crippen molar-refractivity contribution < 1.29 is 105 Å². The highest BCUT2D eigenvalue weighted by molar-refractivity contribution is 5.26. The van der Waals surface area contributed by atoms with E-state index in [4.69, 9.17) is 0 Å². The van der Waals surface area contributed by atoms with Crippen molar-refractivity contribution in [2.24, 2.45) is 0 Å². The minimum atomic E-state index is -8.77. The predicted octanol–water partition coefficient (Wildman–Crippen LogP) is 8.34. The Morgan fingerprint density at radius 2 is 0.417 bits per heavy atom. The molecule has 0 saturated heterocycles. The number of allylic oxidation sites excluding steroid dienone is 2. The maximum absolute atomic E-state index is 13.2. The number of hydrogen-bond acceptors (Lipinski definition) is 0. The van der Waals surface area contributed by atoms with Gasteiger partial charge in [-0.1, -0.05) is 0 Å². The van der Waals surface area contributed by atoms with Crippen LogP contribution in [0, 0.1) is 0 Å². The standard InChI is InChI=1S/C12F24/c13-1(3(15,16)5(19,20)7(23,24)9(27,28)11(31,32)33)2(14)4(17,18)6(21,22)8(25,26)10(29,30)12(34,35)36/b2-1+. The summed E-state index contributed by atoms with van der Waals surface area (Å²) in [6.07, 6.45) is -15.9. The molecule has 0 amide bonds. The molecule has 0 aliphatic carbocycles. The van der Waals surface area contributed by atoms with Crippen LogP contribution in [0.2, 0.25) is 0 Å². The van der Waals surface area contributed by atoms with Crippen molar-refractivity contribution in [1.29, 1.82) is 0 Å². The van der Waals surface area contributed by atoms with Crippen LogP contribution < -0.4 is 0 Å². The van der Waals surface area contributed by atoms with Gasteiger partial charge in [-0.15, -0.1) is 0 Å². The summed E-state index contributed by atoms with van der Waals surface area (Å²) >= 11 is 0. The van der Waals surface area contributed by atoms with E-state index in [1.165, 1.54) is 0 Å². The number of rotatable bonds is 8. The molecule has 0 aromatic carbocycles. The molecule has 216 valence electrons. The van der Waals surface area contributed by atoms with Crippen molar-refractivity contribution in [3.8, 4) is 0 Å². The smallest absolute Gasteiger partial charge is 0.202 e. The lowest BCUT2D eigenvalue weighted by Crippen LogP contribution is -2.67. The summed E-state index contributed by atoms with van der Waals surface area (Å²) in [7, 11) is 0. The van der Waals surface area contributed by atoms with Gasteiger partial charge in [-0.2, -0.15) is 96.6 Å². The molecule has 24 heteroatoms. The van der Waals surface area contributed by atoms with Crippen LogP contribution in [0.1, 0.15) is 0 Å². The molecule has 0 N–H and O–H groups in total. The van der Waals surface area contributed by atoms with Crippen LogP contribution in [0.25, 0.3) is 0 Å². The maximum Gasteiger partial charge on any atom is 0.460 e. The molecule has 0 unspecified atom stereocenters. The van der Waals surface area contributed by atoms with Crippen LogP contribution in [-0.2, 0) is 0 Å². The molecular formula is C12F24. The van der Waals surface area contributed by atoms with Crippen LogP contribution in [-0.4, -0.2) is 59.7 Å². The number of halogens is 24. The second-order valence-electron chi connectivity index (χ2n) is 6.22. The molecule has 0 aliphatic rings. The summed E-state index contributed by atoms with van der Waals surface area (Å²) in [6.45, 7) is 0. The first kappa shape index (κ1) is 34.1. The Labute approximate surface area is 178 Å². The molecule has 36 heavy (non-hydrogen) atoms. The molecule has 0 atom stereocenters. The number of alkyl halides is 22. The van der Waals surface area contributed by atoms with E-state index in [0.717, 1.165) is 0 Å². The summed E-state index contributed by atoms with van der Waals surface area (Å²) in [5, 5.41) is 0. The highest BCUT2D eigenvalue weighted by Crippen LogP contribution is 2.62. The second-order valence-corrected chi connectivity index (χ2v) is 6.22. The molecule has 0 saturated carbocycles. The monoisotopic (exact) mass is 600 g/mol. The van der Waals surface area contributed by atoms with Crippen LogP contribution >= 0.6 is 0 Å². The lowest BCUT2D eigenvalue weighted by atomic mass is 9.93. The highest BCUT2D eigenvalue weighted by Gasteiger charge is 2.90. The summed E-state index contributed by atoms with van der Waals surface area (Å²) in [4.78, 5) is 0. The van der Waals surface area contributed by atoms with E-state index < -0.39 is 71.4 Å². The van der Waals surface area contributed by atoms with E-state index in [2.05, 4.69) is 0 Å². The normalized spacial score (nSPS) is 17.3. The van der Waals surface area contributed by atoms with Gasteiger partial charge in [-0.3, -0.25) is 0 Å². The van der Waals surface area contributed by atoms with E-state index in [-0.39, 0.29) is 0 Å². The highest BCUT2D eigenvalue weighted by atomic mass is 19.4. The lowest BCUT2D eigenvalue weighted by molar-refractivity contribution is -0.422. The number of hydrogen-bond donors (Lipinski definition) is 0. The topological polar surface area (TPSA) is 0 Å². The van der Waals surface area contributed by atoms with Crippen molar-refractivity contribution >= 4 is 0 Å². The average Bonchev–Trinajstić information content (AvgIpc) is 2.63. The summed E-state index contributed by atoms with van der Waals surface area (Å²) in [5.41, 5.74) is 0. The van der Waals surface area contributed by atoms with Gasteiger partial charge in [0.25, 0.3) is 0 Å². The van der Waals surface area contributed by atoms with Gasteiger partial charge in [0.1, 0.15) is 0 Å². The molecule has 0 fully saturated rings. The fourth-order valence-electron chi connectivity index (χ4n) is 1.70. The Bertz CT molecular complexity index is 777. The minimum absolute atomic E-state index is 5.96. The molecule has 0 aromatic heterocycles. The SMILES string of the molecule is F/C(=C(/F)C(F)(F)C(F)(F)C(F)(F)C(F)(F)C(F)(F)F)C(F)(F)C(F)(F)C(F)(F)C(F)(F)C(F)(F)F. The quantitative estimate of drug-likeness (QED) is 0.246. The fourth-order valence-corrected chi connectivity index (χ4v) is 1.70. The molecule has 0 radical (unpaired) electrons. The second kappa shape index (κ2) is 8.28. The van der Waals surface area contributed by atoms with E-state index >= 15 is 0 Å². The van der Waals surface area contributed by atoms with E-state index in [9.17, 15) is 105 Å². The first-order valence-corrected chi connectivity index (χ1v) is 7.29. The fraction of sp³-hybridized carbons (Fsp3) is 0.833. The van der Waals surface area contributed by atoms with E-state index in [1.807, 2.05) is 0 Å². The van der Waals surface area contributed by atoms with Crippen LogP contribution in [0.3, 0.4) is 0 Å². The van der Waals surface area contributed by atoms with Crippen molar-refractivity contribution in [2.75, 3.05) is 0 Å². The lowest BCUT2D eigenvalue weighted by Gasteiger charge is -2.38. The van der Waals surface area contributed by atoms with Gasteiger partial charge in [0, 0.05) is 0 Å². The molecule has 0 nitrogen and oxygen atoms in total. The van der Waals surface area contributed by atoms with Crippen molar-refractivity contribution in [3.63, 3.8) is 0 Å². The Balaban J connectivity index is 7.12. The molecule has 0 spiro atoms. The van der Waals surface area contributed by atoms with Gasteiger partial charge in [0.2, 0.25) is 11.7 Å². The predicted molar refractivity (Wildman–Crippen MR) is 60.9 cm³/mol. The van der Waals surface area contributed by atoms with Crippen molar-refractivity contribution in [1.82, 2.24) is 0 Å². The van der Waals surface area contributed by atoms with Gasteiger partial charge in [0.05, 0.1) is 0 Å². The maximum atomic E-state index is 13.2. The van der Waals surface area contributed by atoms with Crippen molar-refractivity contribution in [3.05, 3.63) is 11.7 Å². The van der Waals surface area contributed by atoms with Gasteiger partial charge in [-0.05, 0) is 0 Å². The van der Waals surface area contributed by atoms with E-state index in [1.54, 1.807) is 0 Å². The summed E-state index contributed by atoms with van der Waals surface area (Å²) in [5.74, 6) is -80.7. The Kier molecular flexibility index (Phi) is 7.83. The summed E-state index contributed by atoms with van der Waals surface area (Å²) in [6, 6.07) is 0. The minimum Gasteiger partial charge on any atom is -0.202 e. The Morgan fingerprint density at radius 1 is 0.250 bits per heavy atom. The van der Waals surface area contributed by atoms with Gasteiger partial charge >= 0.3 is 59.7 Å². The zero-order valence-electron chi connectivity index (χ0n) is 15.1. The molecule has 0 aliphatic heterocycles.